The summed E-state index contributed by atoms with van der Waals surface area (Å²) in [5.41, 5.74) is -0.335. The molecular weight excluding hydrogens is 244 g/mol. The molecule has 4 unspecified atom stereocenters. The maximum Gasteiger partial charge on any atom is 0.244 e. The number of carbonyl (C=O) groups is 1. The van der Waals surface area contributed by atoms with Gasteiger partial charge in [-0.1, -0.05) is 13.8 Å². The first-order valence-electron chi connectivity index (χ1n) is 7.19. The van der Waals surface area contributed by atoms with Crippen LogP contribution in [0.4, 0.5) is 0 Å². The number of hydrogen-bond donors (Lipinski definition) is 1. The Balaban J connectivity index is 2.13. The minimum atomic E-state index is -0.335. The van der Waals surface area contributed by atoms with Crippen molar-refractivity contribution in [1.29, 1.82) is 0 Å². The summed E-state index contributed by atoms with van der Waals surface area (Å²) in [4.78, 5) is 14.8. The minimum absolute atomic E-state index is 0.244. The zero-order chi connectivity index (χ0) is 13.3. The van der Waals surface area contributed by atoms with Gasteiger partial charge in [-0.2, -0.15) is 11.8 Å². The molecule has 1 aliphatic carbocycles. The van der Waals surface area contributed by atoms with Crippen LogP contribution in [-0.4, -0.2) is 40.1 Å². The lowest BCUT2D eigenvalue weighted by atomic mass is 9.99. The Kier molecular flexibility index (Phi) is 4.27. The van der Waals surface area contributed by atoms with E-state index in [0.29, 0.717) is 11.9 Å². The molecule has 1 aliphatic heterocycles. The molecule has 0 radical (unpaired) electrons. The second-order valence-electron chi connectivity index (χ2n) is 5.79. The van der Waals surface area contributed by atoms with Crippen LogP contribution in [0.15, 0.2) is 0 Å². The van der Waals surface area contributed by atoms with Crippen LogP contribution >= 0.6 is 11.8 Å². The fourth-order valence-corrected chi connectivity index (χ4v) is 4.07. The molecule has 2 rings (SSSR count). The molecular formula is C14H26N2OS. The van der Waals surface area contributed by atoms with Crippen LogP contribution in [0.2, 0.25) is 0 Å². The first-order valence-corrected chi connectivity index (χ1v) is 8.47. The van der Waals surface area contributed by atoms with Crippen molar-refractivity contribution in [2.45, 2.75) is 75.9 Å². The number of carbonyl (C=O) groups excluding carboxylic acids is 1. The molecule has 3 nitrogen and oxygen atoms in total. The van der Waals surface area contributed by atoms with Gasteiger partial charge < -0.3 is 4.90 Å². The molecule has 0 aromatic heterocycles. The maximum atomic E-state index is 12.7. The number of rotatable bonds is 4. The van der Waals surface area contributed by atoms with Gasteiger partial charge in [-0.25, -0.2) is 0 Å². The van der Waals surface area contributed by atoms with Gasteiger partial charge in [0.05, 0.1) is 11.7 Å². The lowest BCUT2D eigenvalue weighted by molar-refractivity contribution is -0.135. The number of hydrogen-bond acceptors (Lipinski definition) is 3. The molecule has 4 heteroatoms. The van der Waals surface area contributed by atoms with Gasteiger partial charge in [0, 0.05) is 11.3 Å². The third-order valence-electron chi connectivity index (χ3n) is 4.70. The summed E-state index contributed by atoms with van der Waals surface area (Å²) in [5, 5.41) is 4.29. The molecule has 0 spiro atoms. The van der Waals surface area contributed by atoms with Crippen molar-refractivity contribution in [3.05, 3.63) is 0 Å². The average Bonchev–Trinajstić information content (AvgIpc) is 2.94. The van der Waals surface area contributed by atoms with E-state index in [1.165, 1.54) is 19.3 Å². The van der Waals surface area contributed by atoms with Crippen molar-refractivity contribution in [1.82, 2.24) is 10.2 Å². The molecule has 0 aromatic carbocycles. The fourth-order valence-electron chi connectivity index (χ4n) is 3.28. The topological polar surface area (TPSA) is 32.3 Å². The smallest absolute Gasteiger partial charge is 0.244 e. The summed E-state index contributed by atoms with van der Waals surface area (Å²) in [6.07, 6.45) is 7.91. The van der Waals surface area contributed by atoms with Gasteiger partial charge in [0.1, 0.15) is 0 Å². The summed E-state index contributed by atoms with van der Waals surface area (Å²) in [7, 11) is 0. The van der Waals surface area contributed by atoms with E-state index >= 15 is 0 Å². The normalized spacial score (nSPS) is 40.8. The predicted octanol–water partition coefficient (Wildman–Crippen LogP) is 2.61. The highest BCUT2D eigenvalue weighted by Gasteiger charge is 2.49. The Labute approximate surface area is 115 Å². The minimum Gasteiger partial charge on any atom is -0.323 e. The van der Waals surface area contributed by atoms with Crippen molar-refractivity contribution >= 4 is 17.7 Å². The van der Waals surface area contributed by atoms with E-state index < -0.39 is 0 Å². The second kappa shape index (κ2) is 5.41. The van der Waals surface area contributed by atoms with E-state index in [4.69, 9.17) is 0 Å². The lowest BCUT2D eigenvalue weighted by Gasteiger charge is -2.30. The second-order valence-corrected chi connectivity index (χ2v) is 6.93. The molecule has 4 atom stereocenters. The zero-order valence-electron chi connectivity index (χ0n) is 12.0. The standard InChI is InChI=1S/C14H26N2OS/c1-5-12-15-14(3,6-2)13(17)16(12)10-7-8-11(9-10)18-4/h10-12,15H,5-9H2,1-4H3. The lowest BCUT2D eigenvalue weighted by Crippen LogP contribution is -2.44. The van der Waals surface area contributed by atoms with E-state index in [0.717, 1.165) is 18.1 Å². The Morgan fingerprint density at radius 1 is 1.44 bits per heavy atom. The maximum absolute atomic E-state index is 12.7. The van der Waals surface area contributed by atoms with Gasteiger partial charge in [0.15, 0.2) is 0 Å². The van der Waals surface area contributed by atoms with Crippen LogP contribution in [0.3, 0.4) is 0 Å². The molecule has 104 valence electrons. The molecule has 1 heterocycles. The number of nitrogens with one attached hydrogen (secondary N) is 1. The first-order chi connectivity index (χ1) is 8.55. The van der Waals surface area contributed by atoms with Crippen LogP contribution in [0, 0.1) is 0 Å². The van der Waals surface area contributed by atoms with Crippen molar-refractivity contribution in [2.75, 3.05) is 6.26 Å². The van der Waals surface area contributed by atoms with Gasteiger partial charge in [-0.15, -0.1) is 0 Å². The summed E-state index contributed by atoms with van der Waals surface area (Å²) in [6, 6.07) is 0.459. The van der Waals surface area contributed by atoms with Crippen LogP contribution in [0.5, 0.6) is 0 Å². The fraction of sp³-hybridized carbons (Fsp3) is 0.929. The summed E-state index contributed by atoms with van der Waals surface area (Å²) in [6.45, 7) is 6.32. The van der Waals surface area contributed by atoms with Crippen molar-refractivity contribution in [3.8, 4) is 0 Å². The SMILES string of the molecule is CCC1NC(C)(CC)C(=O)N1C1CCC(SC)C1. The molecule has 0 bridgehead atoms. The highest BCUT2D eigenvalue weighted by atomic mass is 32.2. The van der Waals surface area contributed by atoms with Gasteiger partial charge >= 0.3 is 0 Å². The number of nitrogens with zero attached hydrogens (tertiary/aromatic N) is 1. The van der Waals surface area contributed by atoms with E-state index in [2.05, 4.69) is 37.2 Å². The molecule has 0 aromatic rings. The molecule has 2 fully saturated rings. The van der Waals surface area contributed by atoms with Gasteiger partial charge in [0.25, 0.3) is 0 Å². The quantitative estimate of drug-likeness (QED) is 0.852. The molecule has 1 amide bonds. The Morgan fingerprint density at radius 3 is 2.67 bits per heavy atom. The highest BCUT2D eigenvalue weighted by molar-refractivity contribution is 7.99. The zero-order valence-corrected chi connectivity index (χ0v) is 12.8. The van der Waals surface area contributed by atoms with Gasteiger partial charge in [-0.05, 0) is 45.3 Å². The van der Waals surface area contributed by atoms with E-state index in [1.54, 1.807) is 0 Å². The largest absolute Gasteiger partial charge is 0.323 e. The Bertz CT molecular complexity index is 323. The Hall–Kier alpha value is -0.220. The molecule has 2 aliphatic rings. The number of thioether (sulfide) groups is 1. The number of amides is 1. The molecule has 1 N–H and O–H groups in total. The summed E-state index contributed by atoms with van der Waals surface area (Å²) < 4.78 is 0. The van der Waals surface area contributed by atoms with Gasteiger partial charge in [-0.3, -0.25) is 10.1 Å². The predicted molar refractivity (Wildman–Crippen MR) is 77.7 cm³/mol. The van der Waals surface area contributed by atoms with E-state index in [-0.39, 0.29) is 11.7 Å². The third kappa shape index (κ3) is 2.29. The highest BCUT2D eigenvalue weighted by Crippen LogP contribution is 2.36. The van der Waals surface area contributed by atoms with Crippen molar-refractivity contribution < 1.29 is 4.79 Å². The van der Waals surface area contributed by atoms with E-state index in [9.17, 15) is 4.79 Å². The van der Waals surface area contributed by atoms with E-state index in [1.807, 2.05) is 11.8 Å². The van der Waals surface area contributed by atoms with Crippen LogP contribution < -0.4 is 5.32 Å². The van der Waals surface area contributed by atoms with Crippen LogP contribution in [-0.2, 0) is 4.79 Å². The molecule has 1 saturated heterocycles. The molecule has 1 saturated carbocycles. The van der Waals surface area contributed by atoms with Gasteiger partial charge in [0.2, 0.25) is 5.91 Å². The summed E-state index contributed by atoms with van der Waals surface area (Å²) in [5.74, 6) is 0.323. The Morgan fingerprint density at radius 2 is 2.17 bits per heavy atom. The first kappa shape index (κ1) is 14.2. The van der Waals surface area contributed by atoms with Crippen LogP contribution in [0.1, 0.15) is 52.9 Å². The summed E-state index contributed by atoms with van der Waals surface area (Å²) >= 11 is 1.95. The van der Waals surface area contributed by atoms with Crippen molar-refractivity contribution in [3.63, 3.8) is 0 Å². The van der Waals surface area contributed by atoms with Crippen molar-refractivity contribution in [2.24, 2.45) is 0 Å². The average molecular weight is 270 g/mol. The molecule has 18 heavy (non-hydrogen) atoms. The third-order valence-corrected chi connectivity index (χ3v) is 5.80. The van der Waals surface area contributed by atoms with Crippen LogP contribution in [0.25, 0.3) is 0 Å². The monoisotopic (exact) mass is 270 g/mol.